The lowest BCUT2D eigenvalue weighted by Gasteiger charge is -1.98. The maximum absolute atomic E-state index is 5.38. The first-order valence-electron chi connectivity index (χ1n) is 3.68. The van der Waals surface area contributed by atoms with Crippen LogP contribution in [0.15, 0.2) is 24.3 Å². The fourth-order valence-corrected chi connectivity index (χ4v) is 1.79. The molecule has 1 saturated heterocycles. The van der Waals surface area contributed by atoms with E-state index in [-0.39, 0.29) is 0 Å². The largest absolute Gasteiger partial charge is 0.364 e. The average Bonchev–Trinajstić information content (AvgIpc) is 2.64. The van der Waals surface area contributed by atoms with Crippen LogP contribution >= 0.6 is 0 Å². The summed E-state index contributed by atoms with van der Waals surface area (Å²) in [4.78, 5) is 0. The second-order valence-electron chi connectivity index (χ2n) is 3.00. The van der Waals surface area contributed by atoms with Gasteiger partial charge in [0.2, 0.25) is 0 Å². The number of ether oxygens (including phenoxy) is 1. The standard InChI is InChI=1S/C9H8O/c1-2-4-7-6(3-1)5-8-9(7)10-8/h1-4,8-9H,5H2/t8-,9+/m0/s1. The lowest BCUT2D eigenvalue weighted by atomic mass is 10.1. The molecule has 10 heavy (non-hydrogen) atoms. The smallest absolute Gasteiger partial charge is 0.110 e. The predicted octanol–water partition coefficient (Wildman–Crippen LogP) is 1.68. The van der Waals surface area contributed by atoms with Gasteiger partial charge in [-0.15, -0.1) is 0 Å². The van der Waals surface area contributed by atoms with E-state index in [9.17, 15) is 0 Å². The van der Waals surface area contributed by atoms with Crippen molar-refractivity contribution < 1.29 is 4.74 Å². The van der Waals surface area contributed by atoms with Crippen LogP contribution in [-0.4, -0.2) is 6.10 Å². The highest BCUT2D eigenvalue weighted by molar-refractivity contribution is 5.38. The minimum atomic E-state index is 0.469. The maximum atomic E-state index is 5.38. The Bertz CT molecular complexity index is 280. The molecule has 2 atom stereocenters. The Morgan fingerprint density at radius 2 is 2.20 bits per heavy atom. The molecule has 1 aliphatic carbocycles. The van der Waals surface area contributed by atoms with E-state index in [4.69, 9.17) is 4.74 Å². The van der Waals surface area contributed by atoms with Gasteiger partial charge in [-0.05, 0) is 11.1 Å². The van der Waals surface area contributed by atoms with E-state index in [0.717, 1.165) is 6.42 Å². The molecule has 0 spiro atoms. The van der Waals surface area contributed by atoms with E-state index in [1.54, 1.807) is 0 Å². The predicted molar refractivity (Wildman–Crippen MR) is 37.8 cm³/mol. The highest BCUT2D eigenvalue weighted by atomic mass is 16.6. The van der Waals surface area contributed by atoms with Crippen molar-refractivity contribution in [3.8, 4) is 0 Å². The summed E-state index contributed by atoms with van der Waals surface area (Å²) in [5.41, 5.74) is 2.91. The van der Waals surface area contributed by atoms with Gasteiger partial charge in [-0.3, -0.25) is 0 Å². The lowest BCUT2D eigenvalue weighted by molar-refractivity contribution is 0.361. The Morgan fingerprint density at radius 1 is 1.30 bits per heavy atom. The van der Waals surface area contributed by atoms with Crippen molar-refractivity contribution in [2.24, 2.45) is 0 Å². The van der Waals surface area contributed by atoms with Crippen LogP contribution in [0.2, 0.25) is 0 Å². The fourth-order valence-electron chi connectivity index (χ4n) is 1.79. The van der Waals surface area contributed by atoms with Crippen molar-refractivity contribution in [3.05, 3.63) is 35.4 Å². The average molecular weight is 132 g/mol. The zero-order chi connectivity index (χ0) is 6.55. The van der Waals surface area contributed by atoms with Gasteiger partial charge in [0.15, 0.2) is 0 Å². The Balaban J connectivity index is 2.22. The zero-order valence-electron chi connectivity index (χ0n) is 5.58. The fraction of sp³-hybridized carbons (Fsp3) is 0.333. The van der Waals surface area contributed by atoms with E-state index in [1.807, 2.05) is 0 Å². The molecule has 1 heterocycles. The van der Waals surface area contributed by atoms with E-state index in [2.05, 4.69) is 24.3 Å². The molecule has 0 unspecified atom stereocenters. The van der Waals surface area contributed by atoms with Gasteiger partial charge in [-0.2, -0.15) is 0 Å². The summed E-state index contributed by atoms with van der Waals surface area (Å²) in [6.07, 6.45) is 2.15. The first kappa shape index (κ1) is 4.91. The summed E-state index contributed by atoms with van der Waals surface area (Å²) in [5, 5.41) is 0. The molecule has 0 N–H and O–H groups in total. The van der Waals surface area contributed by atoms with Crippen molar-refractivity contribution >= 4 is 0 Å². The van der Waals surface area contributed by atoms with E-state index < -0.39 is 0 Å². The molecular weight excluding hydrogens is 124 g/mol. The molecule has 0 saturated carbocycles. The number of hydrogen-bond acceptors (Lipinski definition) is 1. The molecule has 1 aromatic rings. The Hall–Kier alpha value is -0.820. The van der Waals surface area contributed by atoms with Crippen molar-refractivity contribution in [1.29, 1.82) is 0 Å². The lowest BCUT2D eigenvalue weighted by Crippen LogP contribution is -1.86. The van der Waals surface area contributed by atoms with Crippen molar-refractivity contribution in [1.82, 2.24) is 0 Å². The Morgan fingerprint density at radius 3 is 3.10 bits per heavy atom. The third-order valence-corrected chi connectivity index (χ3v) is 2.37. The molecule has 0 bridgehead atoms. The van der Waals surface area contributed by atoms with Gasteiger partial charge >= 0.3 is 0 Å². The molecule has 1 nitrogen and oxygen atoms in total. The van der Waals surface area contributed by atoms with Crippen LogP contribution in [0.1, 0.15) is 17.2 Å². The molecule has 1 fully saturated rings. The van der Waals surface area contributed by atoms with Crippen LogP contribution in [0.4, 0.5) is 0 Å². The van der Waals surface area contributed by atoms with E-state index >= 15 is 0 Å². The van der Waals surface area contributed by atoms with Crippen LogP contribution in [-0.2, 0) is 11.2 Å². The van der Waals surface area contributed by atoms with Crippen molar-refractivity contribution in [3.63, 3.8) is 0 Å². The summed E-state index contributed by atoms with van der Waals surface area (Å²) < 4.78 is 5.38. The number of rotatable bonds is 0. The molecule has 0 aromatic heterocycles. The van der Waals surface area contributed by atoms with Gasteiger partial charge < -0.3 is 4.74 Å². The second-order valence-corrected chi connectivity index (χ2v) is 3.00. The molecule has 2 aliphatic rings. The zero-order valence-corrected chi connectivity index (χ0v) is 5.58. The summed E-state index contributed by atoms with van der Waals surface area (Å²) in [6.45, 7) is 0. The molecule has 1 aromatic carbocycles. The van der Waals surface area contributed by atoms with Gasteiger partial charge in [-0.25, -0.2) is 0 Å². The third kappa shape index (κ3) is 0.469. The first-order valence-corrected chi connectivity index (χ1v) is 3.68. The minimum absolute atomic E-state index is 0.469. The van der Waals surface area contributed by atoms with Gasteiger partial charge in [0, 0.05) is 6.42 Å². The Labute approximate surface area is 59.6 Å². The normalized spacial score (nSPS) is 33.2. The molecular formula is C9H8O. The quantitative estimate of drug-likeness (QED) is 0.489. The summed E-state index contributed by atoms with van der Waals surface area (Å²) >= 11 is 0. The Kier molecular flexibility index (Phi) is 0.702. The summed E-state index contributed by atoms with van der Waals surface area (Å²) in [5.74, 6) is 0. The molecule has 0 amide bonds. The SMILES string of the molecule is c1ccc2c(c1)C[C@@H]1O[C@H]21. The number of benzene rings is 1. The highest BCUT2D eigenvalue weighted by Crippen LogP contribution is 2.48. The van der Waals surface area contributed by atoms with Crippen LogP contribution in [0.25, 0.3) is 0 Å². The van der Waals surface area contributed by atoms with Gasteiger partial charge in [0.25, 0.3) is 0 Å². The first-order chi connectivity index (χ1) is 4.95. The van der Waals surface area contributed by atoms with Crippen LogP contribution < -0.4 is 0 Å². The maximum Gasteiger partial charge on any atom is 0.110 e. The van der Waals surface area contributed by atoms with Crippen LogP contribution in [0.5, 0.6) is 0 Å². The van der Waals surface area contributed by atoms with Gasteiger partial charge in [0.05, 0.1) is 6.10 Å². The van der Waals surface area contributed by atoms with E-state index in [0.29, 0.717) is 12.2 Å². The number of fused-ring (bicyclic) bond motifs is 3. The van der Waals surface area contributed by atoms with Crippen LogP contribution in [0, 0.1) is 0 Å². The monoisotopic (exact) mass is 132 g/mol. The second kappa shape index (κ2) is 1.43. The topological polar surface area (TPSA) is 12.5 Å². The molecule has 0 radical (unpaired) electrons. The number of hydrogen-bond donors (Lipinski definition) is 0. The van der Waals surface area contributed by atoms with Crippen molar-refractivity contribution in [2.75, 3.05) is 0 Å². The molecule has 3 rings (SSSR count). The van der Waals surface area contributed by atoms with Crippen molar-refractivity contribution in [2.45, 2.75) is 18.6 Å². The molecule has 1 aliphatic heterocycles. The summed E-state index contributed by atoms with van der Waals surface area (Å²) in [6, 6.07) is 8.56. The molecule has 1 heteroatoms. The minimum Gasteiger partial charge on any atom is -0.364 e. The summed E-state index contributed by atoms with van der Waals surface area (Å²) in [7, 11) is 0. The number of epoxide rings is 1. The van der Waals surface area contributed by atoms with Gasteiger partial charge in [-0.1, -0.05) is 24.3 Å². The van der Waals surface area contributed by atoms with Crippen LogP contribution in [0.3, 0.4) is 0 Å². The van der Waals surface area contributed by atoms with E-state index in [1.165, 1.54) is 11.1 Å². The molecule has 50 valence electrons. The van der Waals surface area contributed by atoms with Gasteiger partial charge in [0.1, 0.15) is 6.10 Å². The highest BCUT2D eigenvalue weighted by Gasteiger charge is 2.46. The third-order valence-electron chi connectivity index (χ3n) is 2.37.